The number of halogens is 1. The third kappa shape index (κ3) is 5.81. The van der Waals surface area contributed by atoms with Crippen LogP contribution in [-0.2, 0) is 0 Å². The molecular weight excluding hydrogens is 568 g/mol. The summed E-state index contributed by atoms with van der Waals surface area (Å²) in [4.78, 5) is 9.08. The van der Waals surface area contributed by atoms with Crippen LogP contribution in [0, 0.1) is 13.8 Å². The highest BCUT2D eigenvalue weighted by Gasteiger charge is 2.15. The van der Waals surface area contributed by atoms with Crippen molar-refractivity contribution in [3.05, 3.63) is 168 Å². The molecule has 0 N–H and O–H groups in total. The van der Waals surface area contributed by atoms with Gasteiger partial charge in [-0.2, -0.15) is 0 Å². The minimum atomic E-state index is 0.705. The summed E-state index contributed by atoms with van der Waals surface area (Å²) in [6.45, 7) is 4.33. The van der Waals surface area contributed by atoms with E-state index < -0.39 is 0 Å². The van der Waals surface area contributed by atoms with E-state index in [1.165, 1.54) is 33.4 Å². The van der Waals surface area contributed by atoms with Gasteiger partial charge in [0.2, 0.25) is 0 Å². The van der Waals surface area contributed by atoms with Gasteiger partial charge in [0.05, 0.1) is 11.4 Å². The zero-order valence-corrected chi connectivity index (χ0v) is 26.0. The molecule has 0 amide bonds. The van der Waals surface area contributed by atoms with Gasteiger partial charge in [0, 0.05) is 28.5 Å². The number of aryl methyl sites for hydroxylation is 2. The van der Waals surface area contributed by atoms with Gasteiger partial charge in [0.1, 0.15) is 0 Å². The largest absolute Gasteiger partial charge is 0.256 e. The molecule has 3 heteroatoms. The topological polar surface area (TPSA) is 25.8 Å². The number of nitrogens with zero attached hydrogens (tertiary/aromatic N) is 2. The summed E-state index contributed by atoms with van der Waals surface area (Å²) in [5.41, 5.74) is 15.7. The Labute approximate surface area is 269 Å². The highest BCUT2D eigenvalue weighted by atomic mass is 35.5. The van der Waals surface area contributed by atoms with Crippen molar-refractivity contribution in [1.29, 1.82) is 0 Å². The second kappa shape index (κ2) is 12.4. The fourth-order valence-corrected chi connectivity index (χ4v) is 6.39. The maximum atomic E-state index is 6.87. The van der Waals surface area contributed by atoms with E-state index in [0.717, 1.165) is 44.8 Å². The number of hydrogen-bond donors (Lipinski definition) is 0. The third-order valence-corrected chi connectivity index (χ3v) is 8.55. The number of rotatable bonds is 6. The Morgan fingerprint density at radius 3 is 1.20 bits per heavy atom. The van der Waals surface area contributed by atoms with Crippen molar-refractivity contribution in [2.75, 3.05) is 0 Å². The standard InChI is InChI=1S/C42H31ClN2/c1-28-23-30(41-15-7-9-21-44-41)17-19-35(28)39-13-5-3-11-37(39)32-25-33(27-34(43)26-32)38-12-4-6-14-40(38)36-20-18-31(24-29(36)2)42-16-8-10-22-45-42/h3-27H,1-2H3. The van der Waals surface area contributed by atoms with E-state index in [1.807, 2.05) is 48.8 Å². The SMILES string of the molecule is Cc1cc(-c2ccccn2)ccc1-c1ccccc1-c1cc(Cl)cc(-c2ccccc2-c2ccc(-c3ccccn3)cc2C)c1. The normalized spacial score (nSPS) is 11.0. The van der Waals surface area contributed by atoms with Gasteiger partial charge >= 0.3 is 0 Å². The molecular formula is C42H31ClN2. The first-order valence-electron chi connectivity index (χ1n) is 15.1. The zero-order valence-electron chi connectivity index (χ0n) is 25.2. The first kappa shape index (κ1) is 28.5. The summed E-state index contributed by atoms with van der Waals surface area (Å²) >= 11 is 6.87. The van der Waals surface area contributed by atoms with Gasteiger partial charge in [-0.25, -0.2) is 0 Å². The average molecular weight is 599 g/mol. The van der Waals surface area contributed by atoms with Gasteiger partial charge in [0.15, 0.2) is 0 Å². The van der Waals surface area contributed by atoms with Crippen LogP contribution < -0.4 is 0 Å². The Morgan fingerprint density at radius 1 is 0.378 bits per heavy atom. The molecule has 0 aliphatic carbocycles. The molecule has 0 spiro atoms. The second-order valence-corrected chi connectivity index (χ2v) is 11.7. The van der Waals surface area contributed by atoms with Crippen molar-refractivity contribution in [2.45, 2.75) is 13.8 Å². The van der Waals surface area contributed by atoms with Crippen LogP contribution in [0.25, 0.3) is 67.0 Å². The van der Waals surface area contributed by atoms with Crippen LogP contribution in [0.3, 0.4) is 0 Å². The lowest BCUT2D eigenvalue weighted by molar-refractivity contribution is 1.32. The van der Waals surface area contributed by atoms with Crippen LogP contribution in [0.2, 0.25) is 5.02 Å². The molecule has 0 aliphatic rings. The Balaban J connectivity index is 1.30. The van der Waals surface area contributed by atoms with Crippen molar-refractivity contribution in [3.63, 3.8) is 0 Å². The van der Waals surface area contributed by atoms with Gasteiger partial charge in [0.25, 0.3) is 0 Å². The smallest absolute Gasteiger partial charge is 0.0702 e. The molecule has 2 aromatic heterocycles. The lowest BCUT2D eigenvalue weighted by Crippen LogP contribution is -1.92. The number of pyridine rings is 2. The molecule has 216 valence electrons. The van der Waals surface area contributed by atoms with E-state index in [1.54, 1.807) is 0 Å². The molecule has 5 aromatic carbocycles. The van der Waals surface area contributed by atoms with E-state index in [4.69, 9.17) is 11.6 Å². The molecule has 2 nitrogen and oxygen atoms in total. The highest BCUT2D eigenvalue weighted by molar-refractivity contribution is 6.31. The van der Waals surface area contributed by atoms with Gasteiger partial charge < -0.3 is 0 Å². The van der Waals surface area contributed by atoms with Crippen molar-refractivity contribution in [1.82, 2.24) is 9.97 Å². The minimum absolute atomic E-state index is 0.705. The molecule has 7 rings (SSSR count). The predicted octanol–water partition coefficient (Wildman–Crippen LogP) is 11.7. The fourth-order valence-electron chi connectivity index (χ4n) is 6.16. The van der Waals surface area contributed by atoms with Crippen molar-refractivity contribution in [3.8, 4) is 67.0 Å². The quantitative estimate of drug-likeness (QED) is 0.190. The van der Waals surface area contributed by atoms with Gasteiger partial charge in [-0.1, -0.05) is 96.5 Å². The van der Waals surface area contributed by atoms with E-state index in [9.17, 15) is 0 Å². The Hall–Kier alpha value is -5.31. The van der Waals surface area contributed by atoms with Crippen LogP contribution in [-0.4, -0.2) is 9.97 Å². The van der Waals surface area contributed by atoms with E-state index in [0.29, 0.717) is 5.02 Å². The Bertz CT molecular complexity index is 1980. The van der Waals surface area contributed by atoms with Crippen LogP contribution in [0.15, 0.2) is 152 Å². The predicted molar refractivity (Wildman–Crippen MR) is 189 cm³/mol. The average Bonchev–Trinajstić information content (AvgIpc) is 3.09. The minimum Gasteiger partial charge on any atom is -0.256 e. The molecule has 0 saturated heterocycles. The summed E-state index contributed by atoms with van der Waals surface area (Å²) in [7, 11) is 0. The zero-order chi connectivity index (χ0) is 30.8. The highest BCUT2D eigenvalue weighted by Crippen LogP contribution is 2.41. The number of aromatic nitrogens is 2. The van der Waals surface area contributed by atoms with Gasteiger partial charge in [-0.3, -0.25) is 9.97 Å². The molecule has 0 saturated carbocycles. The summed E-state index contributed by atoms with van der Waals surface area (Å²) in [5, 5.41) is 0.705. The third-order valence-electron chi connectivity index (χ3n) is 8.33. The molecule has 0 aliphatic heterocycles. The molecule has 0 radical (unpaired) electrons. The number of benzene rings is 5. The van der Waals surface area contributed by atoms with E-state index >= 15 is 0 Å². The van der Waals surface area contributed by atoms with Crippen LogP contribution in [0.1, 0.15) is 11.1 Å². The maximum absolute atomic E-state index is 6.87. The molecule has 0 bridgehead atoms. The lowest BCUT2D eigenvalue weighted by atomic mass is 9.88. The van der Waals surface area contributed by atoms with E-state index in [2.05, 4.69) is 127 Å². The summed E-state index contributed by atoms with van der Waals surface area (Å²) in [5.74, 6) is 0. The molecule has 2 heterocycles. The Kier molecular flexibility index (Phi) is 7.82. The fraction of sp³-hybridized carbons (Fsp3) is 0.0476. The van der Waals surface area contributed by atoms with Crippen molar-refractivity contribution in [2.24, 2.45) is 0 Å². The molecule has 0 atom stereocenters. The number of hydrogen-bond acceptors (Lipinski definition) is 2. The molecule has 7 aromatic rings. The molecule has 45 heavy (non-hydrogen) atoms. The van der Waals surface area contributed by atoms with Crippen molar-refractivity contribution < 1.29 is 0 Å². The van der Waals surface area contributed by atoms with Crippen LogP contribution >= 0.6 is 11.6 Å². The lowest BCUT2D eigenvalue weighted by Gasteiger charge is -2.17. The van der Waals surface area contributed by atoms with Crippen molar-refractivity contribution >= 4 is 11.6 Å². The first-order chi connectivity index (χ1) is 22.0. The summed E-state index contributed by atoms with van der Waals surface area (Å²) in [6.07, 6.45) is 3.67. The monoisotopic (exact) mass is 598 g/mol. The van der Waals surface area contributed by atoms with E-state index in [-0.39, 0.29) is 0 Å². The Morgan fingerprint density at radius 2 is 0.800 bits per heavy atom. The maximum Gasteiger partial charge on any atom is 0.0702 e. The van der Waals surface area contributed by atoms with Gasteiger partial charge in [-0.15, -0.1) is 0 Å². The van der Waals surface area contributed by atoms with Gasteiger partial charge in [-0.05, 0) is 124 Å². The molecule has 0 fully saturated rings. The summed E-state index contributed by atoms with van der Waals surface area (Å²) in [6, 6.07) is 48.7. The first-order valence-corrected chi connectivity index (χ1v) is 15.5. The molecule has 0 unspecified atom stereocenters. The second-order valence-electron chi connectivity index (χ2n) is 11.3. The van der Waals surface area contributed by atoms with Crippen LogP contribution in [0.4, 0.5) is 0 Å². The summed E-state index contributed by atoms with van der Waals surface area (Å²) < 4.78 is 0. The van der Waals surface area contributed by atoms with Crippen LogP contribution in [0.5, 0.6) is 0 Å².